The van der Waals surface area contributed by atoms with Gasteiger partial charge in [0.25, 0.3) is 0 Å². The molecule has 1 aliphatic heterocycles. The summed E-state index contributed by atoms with van der Waals surface area (Å²) in [6, 6.07) is 8.89. The zero-order valence-corrected chi connectivity index (χ0v) is 11.7. The van der Waals surface area contributed by atoms with Gasteiger partial charge in [-0.05, 0) is 37.7 Å². The average Bonchev–Trinajstić information content (AvgIpc) is 2.37. The molecular formula is C16H20N2O2. The molecule has 0 bridgehead atoms. The molecule has 2 amide bonds. The Kier molecular flexibility index (Phi) is 3.57. The molecular weight excluding hydrogens is 252 g/mol. The van der Waals surface area contributed by atoms with E-state index < -0.39 is 0 Å². The van der Waals surface area contributed by atoms with E-state index in [0.29, 0.717) is 24.8 Å². The van der Waals surface area contributed by atoms with Crippen LogP contribution >= 0.6 is 0 Å². The normalized spacial score (nSPS) is 29.8. The van der Waals surface area contributed by atoms with Gasteiger partial charge in [0, 0.05) is 12.5 Å². The third-order valence-corrected chi connectivity index (χ3v) is 4.36. The van der Waals surface area contributed by atoms with Crippen LogP contribution < -0.4 is 10.6 Å². The smallest absolute Gasteiger partial charge is 0.243 e. The summed E-state index contributed by atoms with van der Waals surface area (Å²) in [5, 5.41) is 5.76. The summed E-state index contributed by atoms with van der Waals surface area (Å²) < 4.78 is 0. The Morgan fingerprint density at radius 2 is 1.85 bits per heavy atom. The summed E-state index contributed by atoms with van der Waals surface area (Å²) >= 11 is 0. The van der Waals surface area contributed by atoms with Crippen LogP contribution in [0, 0.1) is 6.92 Å². The van der Waals surface area contributed by atoms with Crippen LogP contribution in [0.5, 0.6) is 0 Å². The van der Waals surface area contributed by atoms with Crippen LogP contribution in [0.3, 0.4) is 0 Å². The summed E-state index contributed by atoms with van der Waals surface area (Å²) in [5.41, 5.74) is 2.67. The fourth-order valence-electron chi connectivity index (χ4n) is 3.00. The predicted octanol–water partition coefficient (Wildman–Crippen LogP) is 1.64. The second kappa shape index (κ2) is 5.37. The third kappa shape index (κ3) is 2.75. The van der Waals surface area contributed by atoms with Crippen molar-refractivity contribution in [3.63, 3.8) is 0 Å². The van der Waals surface area contributed by atoms with Crippen LogP contribution in [-0.2, 0) is 9.59 Å². The molecule has 2 aliphatic rings. The lowest BCUT2D eigenvalue weighted by Gasteiger charge is -2.39. The molecule has 1 aromatic carbocycles. The number of piperidine rings is 1. The van der Waals surface area contributed by atoms with E-state index in [1.165, 1.54) is 11.1 Å². The topological polar surface area (TPSA) is 58.2 Å². The number of carbonyl (C=O) groups excluding carboxylic acids is 2. The monoisotopic (exact) mass is 272 g/mol. The van der Waals surface area contributed by atoms with Crippen molar-refractivity contribution >= 4 is 11.8 Å². The minimum atomic E-state index is -0.198. The highest BCUT2D eigenvalue weighted by Crippen LogP contribution is 2.37. The van der Waals surface area contributed by atoms with Gasteiger partial charge < -0.3 is 5.32 Å². The van der Waals surface area contributed by atoms with Crippen LogP contribution in [0.1, 0.15) is 42.7 Å². The molecule has 3 rings (SSSR count). The Balaban J connectivity index is 1.50. The van der Waals surface area contributed by atoms with Crippen molar-refractivity contribution in [3.05, 3.63) is 35.4 Å². The van der Waals surface area contributed by atoms with E-state index in [4.69, 9.17) is 0 Å². The number of imide groups is 1. The van der Waals surface area contributed by atoms with Crippen molar-refractivity contribution in [2.45, 2.75) is 50.6 Å². The molecule has 106 valence electrons. The van der Waals surface area contributed by atoms with Crippen molar-refractivity contribution in [3.8, 4) is 0 Å². The number of nitrogens with one attached hydrogen (secondary N) is 2. The third-order valence-electron chi connectivity index (χ3n) is 4.36. The number of hydrogen-bond donors (Lipinski definition) is 2. The maximum atomic E-state index is 11.7. The van der Waals surface area contributed by atoms with Gasteiger partial charge in [0.05, 0.1) is 6.04 Å². The first kappa shape index (κ1) is 13.3. The minimum absolute atomic E-state index is 0.154. The molecule has 1 aromatic rings. The van der Waals surface area contributed by atoms with Gasteiger partial charge in [0.15, 0.2) is 0 Å². The molecule has 1 saturated heterocycles. The molecule has 1 saturated carbocycles. The molecule has 0 aromatic heterocycles. The zero-order chi connectivity index (χ0) is 14.1. The van der Waals surface area contributed by atoms with E-state index in [1.54, 1.807) is 0 Å². The Morgan fingerprint density at radius 3 is 2.50 bits per heavy atom. The molecule has 20 heavy (non-hydrogen) atoms. The molecule has 1 unspecified atom stereocenters. The fraction of sp³-hybridized carbons (Fsp3) is 0.500. The second-order valence-electron chi connectivity index (χ2n) is 5.95. The van der Waals surface area contributed by atoms with Gasteiger partial charge in [-0.3, -0.25) is 14.9 Å². The van der Waals surface area contributed by atoms with E-state index >= 15 is 0 Å². The first-order valence-corrected chi connectivity index (χ1v) is 7.28. The predicted molar refractivity (Wildman–Crippen MR) is 76.2 cm³/mol. The second-order valence-corrected chi connectivity index (χ2v) is 5.95. The first-order valence-electron chi connectivity index (χ1n) is 7.28. The molecule has 2 fully saturated rings. The van der Waals surface area contributed by atoms with Gasteiger partial charge in [0.1, 0.15) is 0 Å². The van der Waals surface area contributed by atoms with Crippen molar-refractivity contribution in [2.75, 3.05) is 0 Å². The van der Waals surface area contributed by atoms with Crippen molar-refractivity contribution in [1.29, 1.82) is 0 Å². The number of rotatable bonds is 3. The summed E-state index contributed by atoms with van der Waals surface area (Å²) in [6.07, 6.45) is 3.20. The van der Waals surface area contributed by atoms with Crippen LogP contribution in [0.25, 0.3) is 0 Å². The van der Waals surface area contributed by atoms with Gasteiger partial charge in [-0.2, -0.15) is 0 Å². The highest BCUT2D eigenvalue weighted by molar-refractivity contribution is 6.00. The average molecular weight is 272 g/mol. The summed E-state index contributed by atoms with van der Waals surface area (Å²) in [4.78, 5) is 22.8. The Morgan fingerprint density at radius 1 is 1.15 bits per heavy atom. The Hall–Kier alpha value is -1.68. The first-order chi connectivity index (χ1) is 9.61. The minimum Gasteiger partial charge on any atom is -0.303 e. The largest absolute Gasteiger partial charge is 0.303 e. The van der Waals surface area contributed by atoms with Crippen molar-refractivity contribution in [1.82, 2.24) is 10.6 Å². The number of hydrogen-bond acceptors (Lipinski definition) is 3. The molecule has 2 N–H and O–H groups in total. The highest BCUT2D eigenvalue weighted by Gasteiger charge is 2.35. The van der Waals surface area contributed by atoms with Gasteiger partial charge in [-0.25, -0.2) is 0 Å². The van der Waals surface area contributed by atoms with Crippen LogP contribution in [-0.4, -0.2) is 23.9 Å². The quantitative estimate of drug-likeness (QED) is 0.822. The summed E-state index contributed by atoms with van der Waals surface area (Å²) in [6.45, 7) is 2.10. The lowest BCUT2D eigenvalue weighted by atomic mass is 9.75. The van der Waals surface area contributed by atoms with Gasteiger partial charge >= 0.3 is 0 Å². The molecule has 1 atom stereocenters. The Bertz CT molecular complexity index is 518. The summed E-state index contributed by atoms with van der Waals surface area (Å²) in [5.74, 6) is 0.278. The SMILES string of the molecule is Cc1ccc(C2CC(NC3CCC(=O)NC3=O)C2)cc1. The number of aryl methyl sites for hydroxylation is 1. The molecule has 4 heteroatoms. The van der Waals surface area contributed by atoms with E-state index in [1.807, 2.05) is 0 Å². The van der Waals surface area contributed by atoms with Gasteiger partial charge in [-0.15, -0.1) is 0 Å². The maximum Gasteiger partial charge on any atom is 0.243 e. The van der Waals surface area contributed by atoms with Gasteiger partial charge in [-0.1, -0.05) is 29.8 Å². The zero-order valence-electron chi connectivity index (χ0n) is 11.7. The standard InChI is InChI=1S/C16H20N2O2/c1-10-2-4-11(5-3-10)12-8-13(9-12)17-14-6-7-15(19)18-16(14)20/h2-5,12-14,17H,6-9H2,1H3,(H,18,19,20). The molecule has 0 radical (unpaired) electrons. The lowest BCUT2D eigenvalue weighted by Crippen LogP contribution is -2.55. The summed E-state index contributed by atoms with van der Waals surface area (Å²) in [7, 11) is 0. The van der Waals surface area contributed by atoms with Gasteiger partial charge in [0.2, 0.25) is 11.8 Å². The van der Waals surface area contributed by atoms with Crippen LogP contribution in [0.15, 0.2) is 24.3 Å². The molecule has 1 aliphatic carbocycles. The lowest BCUT2D eigenvalue weighted by molar-refractivity contribution is -0.135. The van der Waals surface area contributed by atoms with Crippen molar-refractivity contribution < 1.29 is 9.59 Å². The van der Waals surface area contributed by atoms with Crippen LogP contribution in [0.4, 0.5) is 0 Å². The number of benzene rings is 1. The fourth-order valence-corrected chi connectivity index (χ4v) is 3.00. The Labute approximate surface area is 118 Å². The van der Waals surface area contributed by atoms with Crippen molar-refractivity contribution in [2.24, 2.45) is 0 Å². The molecule has 4 nitrogen and oxygen atoms in total. The van der Waals surface area contributed by atoms with E-state index in [0.717, 1.165) is 12.8 Å². The maximum absolute atomic E-state index is 11.7. The van der Waals surface area contributed by atoms with E-state index in [2.05, 4.69) is 41.8 Å². The highest BCUT2D eigenvalue weighted by atomic mass is 16.2. The number of carbonyl (C=O) groups is 2. The van der Waals surface area contributed by atoms with E-state index in [9.17, 15) is 9.59 Å². The van der Waals surface area contributed by atoms with Crippen LogP contribution in [0.2, 0.25) is 0 Å². The molecule has 1 heterocycles. The van der Waals surface area contributed by atoms with E-state index in [-0.39, 0.29) is 17.9 Å². The molecule has 0 spiro atoms. The number of amides is 2.